The Morgan fingerprint density at radius 2 is 2.00 bits per heavy atom. The van der Waals surface area contributed by atoms with E-state index in [-0.39, 0.29) is 6.61 Å². The van der Waals surface area contributed by atoms with E-state index in [4.69, 9.17) is 5.73 Å². The number of thiocarbonyl (C=S) groups is 1. The van der Waals surface area contributed by atoms with Gasteiger partial charge in [0, 0.05) is 6.61 Å². The SMILES string of the molecule is NC(=S)CCCOCC(F)(F)F. The van der Waals surface area contributed by atoms with Gasteiger partial charge in [0.15, 0.2) is 0 Å². The Hall–Kier alpha value is -0.360. The van der Waals surface area contributed by atoms with Gasteiger partial charge < -0.3 is 10.5 Å². The molecule has 0 unspecified atom stereocenters. The van der Waals surface area contributed by atoms with E-state index >= 15 is 0 Å². The second-order valence-electron chi connectivity index (χ2n) is 2.24. The summed E-state index contributed by atoms with van der Waals surface area (Å²) in [6.07, 6.45) is -3.39. The van der Waals surface area contributed by atoms with Crippen LogP contribution in [0.3, 0.4) is 0 Å². The Balaban J connectivity index is 3.17. The zero-order chi connectivity index (χ0) is 9.61. The van der Waals surface area contributed by atoms with Gasteiger partial charge in [-0.3, -0.25) is 0 Å². The molecule has 12 heavy (non-hydrogen) atoms. The average molecular weight is 201 g/mol. The van der Waals surface area contributed by atoms with E-state index in [1.165, 1.54) is 0 Å². The molecule has 2 nitrogen and oxygen atoms in total. The normalized spacial score (nSPS) is 11.6. The second-order valence-corrected chi connectivity index (χ2v) is 2.76. The molecule has 0 saturated heterocycles. The molecule has 0 aromatic carbocycles. The summed E-state index contributed by atoms with van der Waals surface area (Å²) in [6, 6.07) is 0. The maximum atomic E-state index is 11.5. The molecule has 0 fully saturated rings. The fraction of sp³-hybridized carbons (Fsp3) is 0.833. The third kappa shape index (κ3) is 9.64. The van der Waals surface area contributed by atoms with Crippen LogP contribution < -0.4 is 5.73 Å². The van der Waals surface area contributed by atoms with E-state index in [2.05, 4.69) is 17.0 Å². The molecule has 0 rings (SSSR count). The molecule has 6 heteroatoms. The van der Waals surface area contributed by atoms with E-state index in [0.29, 0.717) is 17.8 Å². The molecule has 0 heterocycles. The topological polar surface area (TPSA) is 35.2 Å². The summed E-state index contributed by atoms with van der Waals surface area (Å²) in [4.78, 5) is 0.297. The first-order valence-corrected chi connectivity index (χ1v) is 3.75. The van der Waals surface area contributed by atoms with Crippen molar-refractivity contribution in [2.45, 2.75) is 19.0 Å². The highest BCUT2D eigenvalue weighted by atomic mass is 32.1. The molecule has 0 saturated carbocycles. The highest BCUT2D eigenvalue weighted by Gasteiger charge is 2.27. The number of hydrogen-bond donors (Lipinski definition) is 1. The molecular formula is C6H10F3NOS. The van der Waals surface area contributed by atoms with Crippen LogP contribution in [-0.2, 0) is 4.74 Å². The maximum Gasteiger partial charge on any atom is 0.411 e. The van der Waals surface area contributed by atoms with Crippen molar-refractivity contribution in [2.75, 3.05) is 13.2 Å². The number of rotatable bonds is 5. The predicted molar refractivity (Wildman–Crippen MR) is 42.9 cm³/mol. The number of ether oxygens (including phenoxy) is 1. The highest BCUT2D eigenvalue weighted by molar-refractivity contribution is 7.80. The quantitative estimate of drug-likeness (QED) is 0.542. The van der Waals surface area contributed by atoms with Crippen molar-refractivity contribution in [3.63, 3.8) is 0 Å². The molecule has 0 aromatic heterocycles. The second kappa shape index (κ2) is 5.31. The summed E-state index contributed by atoms with van der Waals surface area (Å²) in [6.45, 7) is -1.17. The Kier molecular flexibility index (Phi) is 5.16. The first-order chi connectivity index (χ1) is 5.42. The summed E-state index contributed by atoms with van der Waals surface area (Å²) in [7, 11) is 0. The standard InChI is InChI=1S/C6H10F3NOS/c7-6(8,9)4-11-3-1-2-5(10)12/h1-4H2,(H2,10,12). The van der Waals surface area contributed by atoms with Crippen molar-refractivity contribution in [2.24, 2.45) is 5.73 Å². The van der Waals surface area contributed by atoms with Gasteiger partial charge in [0.2, 0.25) is 0 Å². The molecule has 0 aliphatic carbocycles. The van der Waals surface area contributed by atoms with Gasteiger partial charge in [-0.25, -0.2) is 0 Å². The lowest BCUT2D eigenvalue weighted by molar-refractivity contribution is -0.173. The molecule has 0 bridgehead atoms. The van der Waals surface area contributed by atoms with Crippen LogP contribution in [0.15, 0.2) is 0 Å². The molecule has 0 aliphatic heterocycles. The van der Waals surface area contributed by atoms with Crippen LogP contribution in [0.4, 0.5) is 13.2 Å². The lowest BCUT2D eigenvalue weighted by Gasteiger charge is -2.06. The third-order valence-corrected chi connectivity index (χ3v) is 1.18. The lowest BCUT2D eigenvalue weighted by atomic mass is 10.3. The Morgan fingerprint density at radius 3 is 2.42 bits per heavy atom. The molecule has 0 aliphatic rings. The van der Waals surface area contributed by atoms with Gasteiger partial charge in [0.25, 0.3) is 0 Å². The van der Waals surface area contributed by atoms with Crippen molar-refractivity contribution >= 4 is 17.2 Å². The Bertz CT molecular complexity index is 148. The summed E-state index contributed by atoms with van der Waals surface area (Å²) in [5.41, 5.74) is 5.11. The van der Waals surface area contributed by atoms with Crippen molar-refractivity contribution in [3.8, 4) is 0 Å². The largest absolute Gasteiger partial charge is 0.411 e. The Morgan fingerprint density at radius 1 is 1.42 bits per heavy atom. The van der Waals surface area contributed by atoms with E-state index in [0.717, 1.165) is 0 Å². The molecule has 2 N–H and O–H groups in total. The minimum Gasteiger partial charge on any atom is -0.393 e. The highest BCUT2D eigenvalue weighted by Crippen LogP contribution is 2.14. The van der Waals surface area contributed by atoms with Crippen molar-refractivity contribution in [3.05, 3.63) is 0 Å². The van der Waals surface area contributed by atoms with Gasteiger partial charge in [-0.05, 0) is 12.8 Å². The fourth-order valence-corrected chi connectivity index (χ4v) is 0.681. The molecule has 0 atom stereocenters. The summed E-state index contributed by atoms with van der Waals surface area (Å²) < 4.78 is 38.7. The van der Waals surface area contributed by atoms with Crippen LogP contribution >= 0.6 is 12.2 Å². The summed E-state index contributed by atoms with van der Waals surface area (Å²) in [5, 5.41) is 0. The van der Waals surface area contributed by atoms with Crippen LogP contribution in [0.2, 0.25) is 0 Å². The predicted octanol–water partition coefficient (Wildman–Crippen LogP) is 1.63. The fourth-order valence-electron chi connectivity index (χ4n) is 0.536. The number of alkyl halides is 3. The molecule has 72 valence electrons. The van der Waals surface area contributed by atoms with Gasteiger partial charge in [0.1, 0.15) is 6.61 Å². The molecule has 0 spiro atoms. The van der Waals surface area contributed by atoms with E-state index in [1.807, 2.05) is 0 Å². The minimum absolute atomic E-state index is 0.0385. The molecular weight excluding hydrogens is 191 g/mol. The first-order valence-electron chi connectivity index (χ1n) is 3.34. The zero-order valence-electron chi connectivity index (χ0n) is 6.36. The van der Waals surface area contributed by atoms with Gasteiger partial charge in [-0.15, -0.1) is 0 Å². The van der Waals surface area contributed by atoms with Crippen molar-refractivity contribution in [1.29, 1.82) is 0 Å². The van der Waals surface area contributed by atoms with Crippen LogP contribution in [0, 0.1) is 0 Å². The first kappa shape index (κ1) is 11.6. The smallest absolute Gasteiger partial charge is 0.393 e. The van der Waals surface area contributed by atoms with Crippen molar-refractivity contribution < 1.29 is 17.9 Å². The summed E-state index contributed by atoms with van der Waals surface area (Å²) >= 11 is 4.52. The minimum atomic E-state index is -4.25. The van der Waals surface area contributed by atoms with Gasteiger partial charge in [0.05, 0.1) is 4.99 Å². The maximum absolute atomic E-state index is 11.5. The van der Waals surface area contributed by atoms with Crippen LogP contribution in [0.25, 0.3) is 0 Å². The molecule has 0 aromatic rings. The van der Waals surface area contributed by atoms with Crippen LogP contribution in [0.5, 0.6) is 0 Å². The lowest BCUT2D eigenvalue weighted by Crippen LogP contribution is -2.18. The van der Waals surface area contributed by atoms with Gasteiger partial charge >= 0.3 is 6.18 Å². The third-order valence-electron chi connectivity index (χ3n) is 0.978. The summed E-state index contributed by atoms with van der Waals surface area (Å²) in [5.74, 6) is 0. The van der Waals surface area contributed by atoms with Crippen LogP contribution in [0.1, 0.15) is 12.8 Å². The van der Waals surface area contributed by atoms with Gasteiger partial charge in [-0.2, -0.15) is 13.2 Å². The number of hydrogen-bond acceptors (Lipinski definition) is 2. The van der Waals surface area contributed by atoms with Crippen molar-refractivity contribution in [1.82, 2.24) is 0 Å². The zero-order valence-corrected chi connectivity index (χ0v) is 7.17. The van der Waals surface area contributed by atoms with Crippen LogP contribution in [-0.4, -0.2) is 24.4 Å². The van der Waals surface area contributed by atoms with Gasteiger partial charge in [-0.1, -0.05) is 12.2 Å². The molecule has 0 amide bonds. The average Bonchev–Trinajstić information content (AvgIpc) is 1.83. The van der Waals surface area contributed by atoms with E-state index in [9.17, 15) is 13.2 Å². The number of halogens is 3. The number of nitrogens with two attached hydrogens (primary N) is 1. The van der Waals surface area contributed by atoms with E-state index in [1.54, 1.807) is 0 Å². The monoisotopic (exact) mass is 201 g/mol. The molecule has 0 radical (unpaired) electrons. The Labute approximate surface area is 73.9 Å². The van der Waals surface area contributed by atoms with E-state index < -0.39 is 12.8 Å².